The average molecular weight is 194 g/mol. The molecule has 1 aromatic carbocycles. The number of benzene rings is 1. The number of nitrogens with two attached hydrogens (primary N) is 1. The largest absolute Gasteiger partial charge is 0.371 e. The second-order valence-electron chi connectivity index (χ2n) is 3.99. The summed E-state index contributed by atoms with van der Waals surface area (Å²) in [4.78, 5) is 2.24. The topological polar surface area (TPSA) is 29.3 Å². The van der Waals surface area contributed by atoms with Crippen molar-refractivity contribution in [1.82, 2.24) is 0 Å². The first-order valence-electron chi connectivity index (χ1n) is 4.94. The van der Waals surface area contributed by atoms with Crippen LogP contribution < -0.4 is 10.6 Å². The molecule has 0 radical (unpaired) electrons. The summed E-state index contributed by atoms with van der Waals surface area (Å²) in [6.07, 6.45) is 0. The zero-order chi connectivity index (χ0) is 10.1. The molecule has 0 aromatic heterocycles. The van der Waals surface area contributed by atoms with Gasteiger partial charge in [0.25, 0.3) is 0 Å². The minimum atomic E-state index is -0.206. The van der Waals surface area contributed by atoms with Gasteiger partial charge in [0.15, 0.2) is 0 Å². The Morgan fingerprint density at radius 1 is 1.50 bits per heavy atom. The summed E-state index contributed by atoms with van der Waals surface area (Å²) in [7, 11) is 0. The van der Waals surface area contributed by atoms with Gasteiger partial charge in [-0.15, -0.1) is 0 Å². The highest BCUT2D eigenvalue weighted by atomic mass is 19.1. The maximum Gasteiger partial charge on any atom is 0.123 e. The van der Waals surface area contributed by atoms with Crippen molar-refractivity contribution in [1.29, 1.82) is 0 Å². The number of hydrogen-bond acceptors (Lipinski definition) is 2. The van der Waals surface area contributed by atoms with Crippen LogP contribution in [0.15, 0.2) is 18.2 Å². The minimum absolute atomic E-state index is 0.206. The molecule has 0 amide bonds. The first-order valence-corrected chi connectivity index (χ1v) is 4.94. The Morgan fingerprint density at radius 3 is 2.79 bits per heavy atom. The van der Waals surface area contributed by atoms with E-state index >= 15 is 0 Å². The average Bonchev–Trinajstić information content (AvgIpc) is 2.13. The summed E-state index contributed by atoms with van der Waals surface area (Å²) in [5.74, 6) is 0.536. The fourth-order valence-corrected chi connectivity index (χ4v) is 1.92. The molecule has 14 heavy (non-hydrogen) atoms. The molecule has 1 heterocycles. The molecule has 2 nitrogen and oxygen atoms in total. The van der Waals surface area contributed by atoms with Gasteiger partial charge in [0.05, 0.1) is 0 Å². The second-order valence-corrected chi connectivity index (χ2v) is 3.99. The number of rotatable bonds is 2. The highest BCUT2D eigenvalue weighted by Gasteiger charge is 2.24. The monoisotopic (exact) mass is 194 g/mol. The van der Waals surface area contributed by atoms with Gasteiger partial charge >= 0.3 is 0 Å². The van der Waals surface area contributed by atoms with Crippen molar-refractivity contribution >= 4 is 5.69 Å². The SMILES string of the molecule is CC1CN(c2ccc(F)cc2CN)C1. The summed E-state index contributed by atoms with van der Waals surface area (Å²) >= 11 is 0. The normalized spacial score (nSPS) is 16.9. The zero-order valence-corrected chi connectivity index (χ0v) is 8.33. The molecule has 0 atom stereocenters. The zero-order valence-electron chi connectivity index (χ0n) is 8.33. The lowest BCUT2D eigenvalue weighted by atomic mass is 10.00. The quantitative estimate of drug-likeness (QED) is 0.777. The Morgan fingerprint density at radius 2 is 2.21 bits per heavy atom. The molecule has 0 spiro atoms. The van der Waals surface area contributed by atoms with Gasteiger partial charge < -0.3 is 10.6 Å². The smallest absolute Gasteiger partial charge is 0.123 e. The van der Waals surface area contributed by atoms with Gasteiger partial charge in [-0.2, -0.15) is 0 Å². The highest BCUT2D eigenvalue weighted by molar-refractivity contribution is 5.55. The Bertz CT molecular complexity index is 332. The molecular formula is C11H15FN2. The molecule has 1 fully saturated rings. The molecular weight excluding hydrogens is 179 g/mol. The Labute approximate surface area is 83.5 Å². The molecule has 0 bridgehead atoms. The van der Waals surface area contributed by atoms with Crippen LogP contribution >= 0.6 is 0 Å². The van der Waals surface area contributed by atoms with E-state index in [1.165, 1.54) is 12.1 Å². The van der Waals surface area contributed by atoms with Crippen LogP contribution in [0.3, 0.4) is 0 Å². The van der Waals surface area contributed by atoms with Crippen LogP contribution in [0.5, 0.6) is 0 Å². The van der Waals surface area contributed by atoms with Gasteiger partial charge in [-0.1, -0.05) is 6.92 Å². The van der Waals surface area contributed by atoms with Crippen molar-refractivity contribution < 1.29 is 4.39 Å². The minimum Gasteiger partial charge on any atom is -0.371 e. The van der Waals surface area contributed by atoms with E-state index in [9.17, 15) is 4.39 Å². The molecule has 0 unspecified atom stereocenters. The van der Waals surface area contributed by atoms with E-state index in [0.29, 0.717) is 6.54 Å². The van der Waals surface area contributed by atoms with Crippen molar-refractivity contribution in [3.63, 3.8) is 0 Å². The van der Waals surface area contributed by atoms with E-state index in [0.717, 1.165) is 30.3 Å². The number of nitrogens with zero attached hydrogens (tertiary/aromatic N) is 1. The van der Waals surface area contributed by atoms with E-state index in [1.807, 2.05) is 6.07 Å². The third kappa shape index (κ3) is 1.60. The first kappa shape index (κ1) is 9.46. The molecule has 76 valence electrons. The van der Waals surface area contributed by atoms with E-state index < -0.39 is 0 Å². The van der Waals surface area contributed by atoms with Crippen LogP contribution in [-0.4, -0.2) is 13.1 Å². The van der Waals surface area contributed by atoms with Gasteiger partial charge in [0.2, 0.25) is 0 Å². The molecule has 1 saturated heterocycles. The van der Waals surface area contributed by atoms with Crippen LogP contribution in [-0.2, 0) is 6.54 Å². The van der Waals surface area contributed by atoms with Gasteiger partial charge in [-0.3, -0.25) is 0 Å². The molecule has 2 N–H and O–H groups in total. The first-order chi connectivity index (χ1) is 6.70. The fraction of sp³-hybridized carbons (Fsp3) is 0.455. The summed E-state index contributed by atoms with van der Waals surface area (Å²) in [5, 5.41) is 0. The lowest BCUT2D eigenvalue weighted by Crippen LogP contribution is -2.45. The van der Waals surface area contributed by atoms with E-state index in [4.69, 9.17) is 5.73 Å². The highest BCUT2D eigenvalue weighted by Crippen LogP contribution is 2.27. The Kier molecular flexibility index (Phi) is 2.42. The molecule has 1 aliphatic heterocycles. The van der Waals surface area contributed by atoms with Gasteiger partial charge in [0.1, 0.15) is 5.82 Å². The predicted octanol–water partition coefficient (Wildman–Crippen LogP) is 1.74. The fourth-order valence-electron chi connectivity index (χ4n) is 1.92. The van der Waals surface area contributed by atoms with Crippen LogP contribution in [0.4, 0.5) is 10.1 Å². The van der Waals surface area contributed by atoms with E-state index in [2.05, 4.69) is 11.8 Å². The van der Waals surface area contributed by atoms with E-state index in [1.54, 1.807) is 0 Å². The molecule has 1 aliphatic rings. The van der Waals surface area contributed by atoms with Crippen LogP contribution in [0.2, 0.25) is 0 Å². The van der Waals surface area contributed by atoms with Gasteiger partial charge in [-0.05, 0) is 29.7 Å². The molecule has 0 aliphatic carbocycles. The second kappa shape index (κ2) is 3.58. The van der Waals surface area contributed by atoms with E-state index in [-0.39, 0.29) is 5.82 Å². The maximum atomic E-state index is 12.9. The van der Waals surface area contributed by atoms with Crippen molar-refractivity contribution in [2.24, 2.45) is 11.7 Å². The van der Waals surface area contributed by atoms with Crippen molar-refractivity contribution in [3.05, 3.63) is 29.6 Å². The maximum absolute atomic E-state index is 12.9. The predicted molar refractivity (Wildman–Crippen MR) is 55.7 cm³/mol. The molecule has 2 rings (SSSR count). The lowest BCUT2D eigenvalue weighted by Gasteiger charge is -2.40. The Balaban J connectivity index is 2.24. The molecule has 0 saturated carbocycles. The third-order valence-electron chi connectivity index (χ3n) is 2.67. The van der Waals surface area contributed by atoms with Crippen molar-refractivity contribution in [2.75, 3.05) is 18.0 Å². The number of anilines is 1. The standard InChI is InChI=1S/C11H15FN2/c1-8-6-14(7-8)11-3-2-10(12)4-9(11)5-13/h2-4,8H,5-7,13H2,1H3. The summed E-state index contributed by atoms with van der Waals surface area (Å²) in [6.45, 7) is 4.72. The summed E-state index contributed by atoms with van der Waals surface area (Å²) < 4.78 is 12.9. The lowest BCUT2D eigenvalue weighted by molar-refractivity contribution is 0.446. The summed E-state index contributed by atoms with van der Waals surface area (Å²) in [5.41, 5.74) is 7.57. The number of hydrogen-bond donors (Lipinski definition) is 1. The van der Waals surface area contributed by atoms with Gasteiger partial charge in [0, 0.05) is 25.3 Å². The Hall–Kier alpha value is -1.09. The van der Waals surface area contributed by atoms with Crippen LogP contribution in [0, 0.1) is 11.7 Å². The van der Waals surface area contributed by atoms with Crippen molar-refractivity contribution in [2.45, 2.75) is 13.5 Å². The van der Waals surface area contributed by atoms with Crippen molar-refractivity contribution in [3.8, 4) is 0 Å². The van der Waals surface area contributed by atoms with Crippen LogP contribution in [0.1, 0.15) is 12.5 Å². The van der Waals surface area contributed by atoms with Crippen LogP contribution in [0.25, 0.3) is 0 Å². The summed E-state index contributed by atoms with van der Waals surface area (Å²) in [6, 6.07) is 4.85. The van der Waals surface area contributed by atoms with Gasteiger partial charge in [-0.25, -0.2) is 4.39 Å². The third-order valence-corrected chi connectivity index (χ3v) is 2.67. The number of halogens is 1. The molecule has 1 aromatic rings. The molecule has 3 heteroatoms.